The third-order valence-corrected chi connectivity index (χ3v) is 4.41. The summed E-state index contributed by atoms with van der Waals surface area (Å²) >= 11 is 0. The standard InChI is InChI=1S/C20H23FN2O2/c1-4-6-14(5-2)13(3)15-7-9-17(10-8-15)25-20-18(21)11-16(12-23-20)19(22)24/h4,7-14H,1,5-6H2,2-3H3,(H2,22,24). The Morgan fingerprint density at radius 2 is 2.08 bits per heavy atom. The molecular formula is C20H23FN2O2. The minimum atomic E-state index is -0.735. The Morgan fingerprint density at radius 3 is 2.60 bits per heavy atom. The molecule has 1 amide bonds. The summed E-state index contributed by atoms with van der Waals surface area (Å²) < 4.78 is 19.4. The van der Waals surface area contributed by atoms with E-state index in [1.54, 1.807) is 12.1 Å². The van der Waals surface area contributed by atoms with Gasteiger partial charge in [-0.3, -0.25) is 4.79 Å². The van der Waals surface area contributed by atoms with Gasteiger partial charge in [0.15, 0.2) is 5.82 Å². The van der Waals surface area contributed by atoms with E-state index in [1.165, 1.54) is 11.8 Å². The number of ether oxygens (including phenoxy) is 1. The molecule has 2 unspecified atom stereocenters. The van der Waals surface area contributed by atoms with Crippen molar-refractivity contribution in [2.75, 3.05) is 0 Å². The molecule has 132 valence electrons. The van der Waals surface area contributed by atoms with Crippen LogP contribution in [0.4, 0.5) is 4.39 Å². The van der Waals surface area contributed by atoms with Gasteiger partial charge in [-0.1, -0.05) is 38.5 Å². The number of benzene rings is 1. The van der Waals surface area contributed by atoms with Gasteiger partial charge >= 0.3 is 0 Å². The summed E-state index contributed by atoms with van der Waals surface area (Å²) in [4.78, 5) is 14.8. The van der Waals surface area contributed by atoms with E-state index in [2.05, 4.69) is 25.4 Å². The molecule has 1 aromatic heterocycles. The average Bonchev–Trinajstić information content (AvgIpc) is 2.61. The molecule has 2 aromatic rings. The van der Waals surface area contributed by atoms with Gasteiger partial charge in [-0.25, -0.2) is 9.37 Å². The molecular weight excluding hydrogens is 319 g/mol. The number of carbonyl (C=O) groups is 1. The minimum absolute atomic E-state index is 0.00171. The maximum Gasteiger partial charge on any atom is 0.255 e. The number of hydrogen-bond donors (Lipinski definition) is 1. The summed E-state index contributed by atoms with van der Waals surface area (Å²) in [5, 5.41) is 0. The number of rotatable bonds is 8. The van der Waals surface area contributed by atoms with Crippen molar-refractivity contribution < 1.29 is 13.9 Å². The van der Waals surface area contributed by atoms with Gasteiger partial charge < -0.3 is 10.5 Å². The first-order valence-corrected chi connectivity index (χ1v) is 8.30. The number of aromatic nitrogens is 1. The largest absolute Gasteiger partial charge is 0.436 e. The van der Waals surface area contributed by atoms with Crippen LogP contribution in [0.3, 0.4) is 0 Å². The molecule has 0 fully saturated rings. The smallest absolute Gasteiger partial charge is 0.255 e. The summed E-state index contributed by atoms with van der Waals surface area (Å²) in [6.07, 6.45) is 5.19. The van der Waals surface area contributed by atoms with Crippen molar-refractivity contribution in [1.82, 2.24) is 4.98 Å². The fraction of sp³-hybridized carbons (Fsp3) is 0.300. The number of carbonyl (C=O) groups excluding carboxylic acids is 1. The third-order valence-electron chi connectivity index (χ3n) is 4.41. The molecule has 5 heteroatoms. The van der Waals surface area contributed by atoms with Crippen molar-refractivity contribution in [1.29, 1.82) is 0 Å². The maximum absolute atomic E-state index is 13.9. The highest BCUT2D eigenvalue weighted by Crippen LogP contribution is 2.31. The zero-order valence-corrected chi connectivity index (χ0v) is 14.5. The lowest BCUT2D eigenvalue weighted by atomic mass is 9.84. The third kappa shape index (κ3) is 4.66. The molecule has 2 rings (SSSR count). The minimum Gasteiger partial charge on any atom is -0.436 e. The zero-order chi connectivity index (χ0) is 18.4. The van der Waals surface area contributed by atoms with Gasteiger partial charge in [-0.2, -0.15) is 0 Å². The van der Waals surface area contributed by atoms with E-state index < -0.39 is 11.7 Å². The van der Waals surface area contributed by atoms with Crippen LogP contribution in [0.1, 0.15) is 48.5 Å². The van der Waals surface area contributed by atoms with Crippen molar-refractivity contribution in [2.45, 2.75) is 32.6 Å². The Bertz CT molecular complexity index is 744. The van der Waals surface area contributed by atoms with Crippen LogP contribution >= 0.6 is 0 Å². The SMILES string of the molecule is C=CCC(CC)C(C)c1ccc(Oc2ncc(C(N)=O)cc2F)cc1. The van der Waals surface area contributed by atoms with Crippen LogP contribution in [0.2, 0.25) is 0 Å². The van der Waals surface area contributed by atoms with Crippen LogP contribution in [-0.2, 0) is 0 Å². The van der Waals surface area contributed by atoms with Crippen LogP contribution in [0.25, 0.3) is 0 Å². The fourth-order valence-electron chi connectivity index (χ4n) is 2.80. The van der Waals surface area contributed by atoms with Crippen LogP contribution in [0, 0.1) is 11.7 Å². The fourth-order valence-corrected chi connectivity index (χ4v) is 2.80. The van der Waals surface area contributed by atoms with Gasteiger partial charge in [-0.05, 0) is 42.0 Å². The lowest BCUT2D eigenvalue weighted by Gasteiger charge is -2.22. The van der Waals surface area contributed by atoms with Crippen LogP contribution in [0.5, 0.6) is 11.6 Å². The van der Waals surface area contributed by atoms with Crippen LogP contribution < -0.4 is 10.5 Å². The molecule has 0 aliphatic heterocycles. The molecule has 0 aliphatic carbocycles. The quantitative estimate of drug-likeness (QED) is 0.700. The average molecular weight is 342 g/mol. The van der Waals surface area contributed by atoms with Gasteiger partial charge in [-0.15, -0.1) is 6.58 Å². The number of pyridine rings is 1. The second-order valence-corrected chi connectivity index (χ2v) is 6.03. The predicted octanol–water partition coefficient (Wildman–Crippen LogP) is 4.82. The molecule has 25 heavy (non-hydrogen) atoms. The van der Waals surface area contributed by atoms with E-state index in [1.807, 2.05) is 18.2 Å². The van der Waals surface area contributed by atoms with Gasteiger partial charge in [0.2, 0.25) is 5.91 Å². The van der Waals surface area contributed by atoms with Crippen molar-refractivity contribution in [3.05, 3.63) is 66.1 Å². The number of nitrogens with zero attached hydrogens (tertiary/aromatic N) is 1. The van der Waals surface area contributed by atoms with Gasteiger partial charge in [0.1, 0.15) is 5.75 Å². The van der Waals surface area contributed by atoms with E-state index in [-0.39, 0.29) is 11.4 Å². The summed E-state index contributed by atoms with van der Waals surface area (Å²) in [5.41, 5.74) is 6.29. The summed E-state index contributed by atoms with van der Waals surface area (Å²) in [6, 6.07) is 8.54. The molecule has 0 radical (unpaired) electrons. The van der Waals surface area contributed by atoms with E-state index in [9.17, 15) is 9.18 Å². The second kappa shape index (κ2) is 8.42. The van der Waals surface area contributed by atoms with E-state index >= 15 is 0 Å². The van der Waals surface area contributed by atoms with Gasteiger partial charge in [0.25, 0.3) is 5.88 Å². The molecule has 0 aliphatic rings. The number of allylic oxidation sites excluding steroid dienone is 1. The Morgan fingerprint density at radius 1 is 1.40 bits per heavy atom. The predicted molar refractivity (Wildman–Crippen MR) is 96.2 cm³/mol. The first kappa shape index (κ1) is 18.6. The molecule has 0 saturated carbocycles. The lowest BCUT2D eigenvalue weighted by molar-refractivity contribution is 0.0999. The number of amides is 1. The summed E-state index contributed by atoms with van der Waals surface area (Å²) in [6.45, 7) is 8.18. The topological polar surface area (TPSA) is 65.2 Å². The number of nitrogens with two attached hydrogens (primary N) is 1. The molecule has 0 saturated heterocycles. The van der Waals surface area contributed by atoms with Crippen molar-refractivity contribution >= 4 is 5.91 Å². The first-order valence-electron chi connectivity index (χ1n) is 8.30. The molecule has 2 atom stereocenters. The maximum atomic E-state index is 13.9. The molecule has 4 nitrogen and oxygen atoms in total. The summed E-state index contributed by atoms with van der Waals surface area (Å²) in [7, 11) is 0. The van der Waals surface area contributed by atoms with Crippen LogP contribution in [-0.4, -0.2) is 10.9 Å². The highest BCUT2D eigenvalue weighted by molar-refractivity contribution is 5.92. The molecule has 2 N–H and O–H groups in total. The van der Waals surface area contributed by atoms with Crippen molar-refractivity contribution in [3.63, 3.8) is 0 Å². The van der Waals surface area contributed by atoms with Crippen molar-refractivity contribution in [2.24, 2.45) is 11.7 Å². The summed E-state index contributed by atoms with van der Waals surface area (Å²) in [5.74, 6) is -0.256. The molecule has 0 spiro atoms. The highest BCUT2D eigenvalue weighted by Gasteiger charge is 2.16. The first-order chi connectivity index (χ1) is 12.0. The van der Waals surface area contributed by atoms with E-state index in [0.717, 1.165) is 18.9 Å². The Hall–Kier alpha value is -2.69. The van der Waals surface area contributed by atoms with Gasteiger partial charge in [0.05, 0.1) is 5.56 Å². The Kier molecular flexibility index (Phi) is 6.28. The Labute approximate surface area is 147 Å². The monoisotopic (exact) mass is 342 g/mol. The molecule has 1 heterocycles. The number of primary amides is 1. The van der Waals surface area contributed by atoms with Gasteiger partial charge in [0, 0.05) is 6.20 Å². The Balaban J connectivity index is 2.12. The molecule has 0 bridgehead atoms. The molecule has 1 aromatic carbocycles. The van der Waals surface area contributed by atoms with Crippen molar-refractivity contribution in [3.8, 4) is 11.6 Å². The zero-order valence-electron chi connectivity index (χ0n) is 14.5. The lowest BCUT2D eigenvalue weighted by Crippen LogP contribution is -2.11. The number of hydrogen-bond acceptors (Lipinski definition) is 3. The van der Waals surface area contributed by atoms with Crippen LogP contribution in [0.15, 0.2) is 49.2 Å². The van der Waals surface area contributed by atoms with E-state index in [4.69, 9.17) is 10.5 Å². The number of halogens is 1. The highest BCUT2D eigenvalue weighted by atomic mass is 19.1. The normalized spacial score (nSPS) is 13.1. The van der Waals surface area contributed by atoms with E-state index in [0.29, 0.717) is 17.6 Å². The second-order valence-electron chi connectivity index (χ2n) is 6.03.